The number of carbonyl (C=O) groups excluding carboxylic acids is 1. The third-order valence-corrected chi connectivity index (χ3v) is 5.25. The maximum atomic E-state index is 12.4. The molecule has 0 radical (unpaired) electrons. The zero-order chi connectivity index (χ0) is 23.2. The van der Waals surface area contributed by atoms with E-state index >= 15 is 0 Å². The largest absolute Gasteiger partial charge is 0.490 e. The number of alkyl halides is 3. The van der Waals surface area contributed by atoms with Gasteiger partial charge in [0.1, 0.15) is 0 Å². The molecule has 1 aromatic rings. The fraction of sp³-hybridized carbons (Fsp3) is 0.667. The smallest absolute Gasteiger partial charge is 0.475 e. The van der Waals surface area contributed by atoms with E-state index in [1.54, 1.807) is 0 Å². The Morgan fingerprint density at radius 3 is 2.52 bits per heavy atom. The van der Waals surface area contributed by atoms with Gasteiger partial charge in [-0.15, -0.1) is 0 Å². The molecule has 0 aliphatic carbocycles. The van der Waals surface area contributed by atoms with Gasteiger partial charge in [0.25, 0.3) is 0 Å². The Morgan fingerprint density at radius 2 is 1.94 bits per heavy atom. The van der Waals surface area contributed by atoms with Crippen LogP contribution in [0, 0.1) is 12.8 Å². The maximum absolute atomic E-state index is 12.4. The molecule has 1 spiro atoms. The number of piperidine rings is 1. The van der Waals surface area contributed by atoms with E-state index in [-0.39, 0.29) is 17.4 Å². The van der Waals surface area contributed by atoms with Gasteiger partial charge in [0.05, 0.1) is 24.4 Å². The van der Waals surface area contributed by atoms with Gasteiger partial charge >= 0.3 is 12.1 Å². The van der Waals surface area contributed by atoms with Crippen molar-refractivity contribution in [2.75, 3.05) is 32.8 Å². The summed E-state index contributed by atoms with van der Waals surface area (Å²) in [4.78, 5) is 30.3. The highest BCUT2D eigenvalue weighted by Crippen LogP contribution is 2.30. The number of carbonyl (C=O) groups is 2. The molecule has 31 heavy (non-hydrogen) atoms. The number of aliphatic carboxylic acids is 1. The number of ether oxygens (including phenoxy) is 1. The fourth-order valence-corrected chi connectivity index (χ4v) is 3.87. The number of hydrogen-bond acceptors (Lipinski definition) is 5. The van der Waals surface area contributed by atoms with E-state index in [4.69, 9.17) is 14.6 Å². The molecule has 7 nitrogen and oxygen atoms in total. The van der Waals surface area contributed by atoms with Crippen molar-refractivity contribution < 1.29 is 32.6 Å². The van der Waals surface area contributed by atoms with Crippen LogP contribution >= 0.6 is 0 Å². The summed E-state index contributed by atoms with van der Waals surface area (Å²) < 4.78 is 37.9. The molecule has 10 heteroatoms. The van der Waals surface area contributed by atoms with Crippen molar-refractivity contribution >= 4 is 11.9 Å². The van der Waals surface area contributed by atoms with Crippen molar-refractivity contribution in [3.05, 3.63) is 29.6 Å². The van der Waals surface area contributed by atoms with Crippen molar-refractivity contribution in [1.29, 1.82) is 0 Å². The summed E-state index contributed by atoms with van der Waals surface area (Å²) in [6.07, 6.45) is -3.03. The summed E-state index contributed by atoms with van der Waals surface area (Å²) in [5.41, 5.74) is 1.96. The molecule has 2 fully saturated rings. The zero-order valence-corrected chi connectivity index (χ0v) is 18.1. The van der Waals surface area contributed by atoms with Gasteiger partial charge in [-0.2, -0.15) is 13.2 Å². The molecule has 1 aromatic heterocycles. The molecule has 174 valence electrons. The number of halogens is 3. The minimum absolute atomic E-state index is 0.0522. The Hall–Kier alpha value is -2.20. The minimum Gasteiger partial charge on any atom is -0.475 e. The Kier molecular flexibility index (Phi) is 8.41. The van der Waals surface area contributed by atoms with E-state index in [0.717, 1.165) is 63.6 Å². The monoisotopic (exact) mass is 445 g/mol. The van der Waals surface area contributed by atoms with Crippen LogP contribution in [0.2, 0.25) is 0 Å². The van der Waals surface area contributed by atoms with Crippen LogP contribution in [0.1, 0.15) is 38.1 Å². The maximum Gasteiger partial charge on any atom is 0.490 e. The average Bonchev–Trinajstić information content (AvgIpc) is 2.67. The second-order valence-electron chi connectivity index (χ2n) is 8.33. The number of likely N-dealkylation sites (tertiary alicyclic amines) is 1. The molecule has 2 aliphatic heterocycles. The summed E-state index contributed by atoms with van der Waals surface area (Å²) in [5.74, 6) is -2.46. The highest BCUT2D eigenvalue weighted by atomic mass is 19.4. The minimum atomic E-state index is -5.08. The molecule has 0 bridgehead atoms. The van der Waals surface area contributed by atoms with Crippen LogP contribution in [-0.4, -0.2) is 76.3 Å². The summed E-state index contributed by atoms with van der Waals surface area (Å²) >= 11 is 0. The summed E-state index contributed by atoms with van der Waals surface area (Å²) in [7, 11) is 0. The molecule has 2 saturated heterocycles. The Bertz CT molecular complexity index is 768. The normalized spacial score (nSPS) is 22.2. The van der Waals surface area contributed by atoms with Crippen LogP contribution in [0.3, 0.4) is 0 Å². The second-order valence-corrected chi connectivity index (χ2v) is 8.33. The van der Waals surface area contributed by atoms with Crippen LogP contribution in [-0.2, 0) is 20.9 Å². The van der Waals surface area contributed by atoms with Crippen molar-refractivity contribution in [3.8, 4) is 0 Å². The van der Waals surface area contributed by atoms with Gasteiger partial charge in [-0.05, 0) is 31.9 Å². The number of rotatable bonds is 3. The second kappa shape index (κ2) is 10.4. The molecular formula is C21H30F3N3O4. The average molecular weight is 445 g/mol. The van der Waals surface area contributed by atoms with Gasteiger partial charge in [-0.25, -0.2) is 4.79 Å². The first kappa shape index (κ1) is 25.1. The van der Waals surface area contributed by atoms with Gasteiger partial charge in [-0.3, -0.25) is 14.7 Å². The predicted molar refractivity (Wildman–Crippen MR) is 107 cm³/mol. The van der Waals surface area contributed by atoms with Gasteiger partial charge in [0.2, 0.25) is 5.91 Å². The van der Waals surface area contributed by atoms with E-state index in [0.29, 0.717) is 0 Å². The zero-order valence-electron chi connectivity index (χ0n) is 18.1. The molecule has 3 rings (SSSR count). The van der Waals surface area contributed by atoms with Gasteiger partial charge < -0.3 is 14.7 Å². The SMILES string of the molecule is Cc1cccc(CN2CCOC3(CCCN(C(=O)C(C)C)C3)C2)n1.O=C(O)C(F)(F)F. The number of amides is 1. The summed E-state index contributed by atoms with van der Waals surface area (Å²) in [5, 5.41) is 7.12. The van der Waals surface area contributed by atoms with Crippen LogP contribution < -0.4 is 0 Å². The number of aromatic nitrogens is 1. The van der Waals surface area contributed by atoms with Gasteiger partial charge in [0, 0.05) is 37.8 Å². The van der Waals surface area contributed by atoms with E-state index < -0.39 is 12.1 Å². The molecule has 1 atom stereocenters. The van der Waals surface area contributed by atoms with Crippen LogP contribution in [0.15, 0.2) is 18.2 Å². The number of carboxylic acids is 1. The lowest BCUT2D eigenvalue weighted by Gasteiger charge is -2.48. The molecule has 1 unspecified atom stereocenters. The lowest BCUT2D eigenvalue weighted by molar-refractivity contribution is -0.192. The van der Waals surface area contributed by atoms with Gasteiger partial charge in [0.15, 0.2) is 0 Å². The first-order chi connectivity index (χ1) is 14.4. The van der Waals surface area contributed by atoms with E-state index in [1.807, 2.05) is 31.7 Å². The molecule has 3 heterocycles. The predicted octanol–water partition coefficient (Wildman–Crippen LogP) is 2.87. The van der Waals surface area contributed by atoms with Gasteiger partial charge in [-0.1, -0.05) is 19.9 Å². The van der Waals surface area contributed by atoms with Crippen LogP contribution in [0.25, 0.3) is 0 Å². The number of morpholine rings is 1. The summed E-state index contributed by atoms with van der Waals surface area (Å²) in [6.45, 7) is 11.0. The van der Waals surface area contributed by atoms with E-state index in [2.05, 4.69) is 22.0 Å². The number of pyridine rings is 1. The fourth-order valence-electron chi connectivity index (χ4n) is 3.87. The van der Waals surface area contributed by atoms with Crippen molar-refractivity contribution in [1.82, 2.24) is 14.8 Å². The lowest BCUT2D eigenvalue weighted by atomic mass is 9.90. The number of hydrogen-bond donors (Lipinski definition) is 1. The number of aryl methyl sites for hydroxylation is 1. The van der Waals surface area contributed by atoms with Crippen LogP contribution in [0.5, 0.6) is 0 Å². The molecule has 2 aliphatic rings. The Morgan fingerprint density at radius 1 is 1.26 bits per heavy atom. The van der Waals surface area contributed by atoms with Crippen molar-refractivity contribution in [3.63, 3.8) is 0 Å². The highest BCUT2D eigenvalue weighted by molar-refractivity contribution is 5.78. The Balaban J connectivity index is 0.000000423. The molecular weight excluding hydrogens is 415 g/mol. The first-order valence-corrected chi connectivity index (χ1v) is 10.3. The third-order valence-electron chi connectivity index (χ3n) is 5.25. The number of carboxylic acid groups (broad SMARTS) is 1. The third kappa shape index (κ3) is 7.46. The topological polar surface area (TPSA) is 83.0 Å². The lowest BCUT2D eigenvalue weighted by Crippen LogP contribution is -2.60. The molecule has 0 aromatic carbocycles. The molecule has 1 N–H and O–H groups in total. The van der Waals surface area contributed by atoms with Crippen LogP contribution in [0.4, 0.5) is 13.2 Å². The van der Waals surface area contributed by atoms with E-state index in [1.165, 1.54) is 0 Å². The molecule has 1 amide bonds. The standard InChI is InChI=1S/C19H29N3O2.C2HF3O2/c1-15(2)18(23)22-9-5-8-19(14-22)13-21(10-11-24-19)12-17-7-4-6-16(3)20-17;3-2(4,5)1(6)7/h4,6-7,15H,5,8-14H2,1-3H3;(H,6,7). The first-order valence-electron chi connectivity index (χ1n) is 10.3. The number of nitrogens with zero attached hydrogens (tertiary/aromatic N) is 3. The molecule has 0 saturated carbocycles. The quantitative estimate of drug-likeness (QED) is 0.771. The highest BCUT2D eigenvalue weighted by Gasteiger charge is 2.42. The van der Waals surface area contributed by atoms with Crippen molar-refractivity contribution in [2.45, 2.75) is 51.9 Å². The Labute approximate surface area is 180 Å². The van der Waals surface area contributed by atoms with E-state index in [9.17, 15) is 18.0 Å². The van der Waals surface area contributed by atoms with Crippen molar-refractivity contribution in [2.24, 2.45) is 5.92 Å². The summed E-state index contributed by atoms with van der Waals surface area (Å²) in [6, 6.07) is 6.18.